The van der Waals surface area contributed by atoms with Gasteiger partial charge >= 0.3 is 0 Å². The van der Waals surface area contributed by atoms with E-state index in [1.165, 1.54) is 16.4 Å². The molecule has 0 radical (unpaired) electrons. The maximum atomic E-state index is 5.50. The van der Waals surface area contributed by atoms with E-state index in [1.807, 2.05) is 24.4 Å². The number of aromatic nitrogens is 1. The van der Waals surface area contributed by atoms with Gasteiger partial charge in [0.05, 0.1) is 7.11 Å². The average molecular weight is 222 g/mol. The molecule has 0 aliphatic heterocycles. The van der Waals surface area contributed by atoms with Gasteiger partial charge in [0.25, 0.3) is 0 Å². The number of methoxy groups -OCH3 is 1. The molecule has 0 aliphatic rings. The van der Waals surface area contributed by atoms with Crippen molar-refractivity contribution >= 4 is 22.5 Å². The number of hydrogen-bond donors (Lipinski definition) is 0. The topological polar surface area (TPSA) is 14.2 Å². The van der Waals surface area contributed by atoms with E-state index in [1.54, 1.807) is 7.11 Å². The summed E-state index contributed by atoms with van der Waals surface area (Å²) in [5, 5.41) is 1.18. The van der Waals surface area contributed by atoms with Gasteiger partial charge in [0.2, 0.25) is 0 Å². The molecule has 2 rings (SSSR count). The minimum absolute atomic E-state index is 0.791. The van der Waals surface area contributed by atoms with Crippen molar-refractivity contribution < 1.29 is 4.74 Å². The molecule has 1 aromatic heterocycles. The van der Waals surface area contributed by atoms with E-state index in [0.29, 0.717) is 0 Å². The van der Waals surface area contributed by atoms with Gasteiger partial charge in [-0.3, -0.25) is 0 Å². The van der Waals surface area contributed by atoms with Crippen LogP contribution in [0.25, 0.3) is 10.9 Å². The zero-order valence-electron chi connectivity index (χ0n) is 8.48. The maximum absolute atomic E-state index is 5.50. The molecule has 0 spiro atoms. The van der Waals surface area contributed by atoms with Crippen LogP contribution in [-0.4, -0.2) is 11.7 Å². The van der Waals surface area contributed by atoms with Crippen LogP contribution >= 0.6 is 11.6 Å². The van der Waals surface area contributed by atoms with Crippen LogP contribution in [0.4, 0.5) is 0 Å². The summed E-state index contributed by atoms with van der Waals surface area (Å²) in [7, 11) is 1.67. The van der Waals surface area contributed by atoms with E-state index in [4.69, 9.17) is 16.3 Å². The Morgan fingerprint density at radius 1 is 1.40 bits per heavy atom. The van der Waals surface area contributed by atoms with Gasteiger partial charge in [0.1, 0.15) is 5.75 Å². The maximum Gasteiger partial charge on any atom is 0.119 e. The number of fused-ring (bicyclic) bond motifs is 1. The lowest BCUT2D eigenvalue weighted by atomic mass is 10.2. The highest BCUT2D eigenvalue weighted by Gasteiger charge is 2.00. The number of rotatable bonds is 3. The molecule has 0 N–H and O–H groups in total. The zero-order chi connectivity index (χ0) is 10.7. The lowest BCUT2D eigenvalue weighted by Crippen LogP contribution is -1.91. The molecule has 15 heavy (non-hydrogen) atoms. The zero-order valence-corrected chi connectivity index (χ0v) is 9.24. The quantitative estimate of drug-likeness (QED) is 0.775. The smallest absolute Gasteiger partial charge is 0.119 e. The number of halogens is 1. The van der Waals surface area contributed by atoms with E-state index < -0.39 is 0 Å². The van der Waals surface area contributed by atoms with Gasteiger partial charge in [0.15, 0.2) is 0 Å². The summed E-state index contributed by atoms with van der Waals surface area (Å²) in [5.74, 6) is 0.883. The van der Waals surface area contributed by atoms with Crippen molar-refractivity contribution in [2.24, 2.45) is 0 Å². The predicted molar refractivity (Wildman–Crippen MR) is 63.5 cm³/mol. The van der Waals surface area contributed by atoms with Crippen LogP contribution in [-0.2, 0) is 6.54 Å². The van der Waals surface area contributed by atoms with Gasteiger partial charge in [0, 0.05) is 29.2 Å². The second kappa shape index (κ2) is 4.41. The molecule has 0 aliphatic carbocycles. The Kier molecular flexibility index (Phi) is 2.97. The summed E-state index contributed by atoms with van der Waals surface area (Å²) in [6, 6.07) is 8.11. The molecule has 0 unspecified atom stereocenters. The Bertz CT molecular complexity index is 487. The highest BCUT2D eigenvalue weighted by atomic mass is 35.5. The molecule has 1 heterocycles. The Balaban J connectivity index is 2.42. The molecule has 2 aromatic rings. The van der Waals surface area contributed by atoms with Crippen molar-refractivity contribution in [3.8, 4) is 5.75 Å². The number of benzene rings is 1. The molecule has 0 bridgehead atoms. The summed E-state index contributed by atoms with van der Waals surface area (Å²) in [6.07, 6.45) is 3.95. The number of nitrogens with zero attached hydrogens (tertiary/aromatic N) is 1. The molecule has 0 atom stereocenters. The third-order valence-corrected chi connectivity index (χ3v) is 2.55. The first kappa shape index (κ1) is 10.1. The van der Waals surface area contributed by atoms with Gasteiger partial charge in [-0.1, -0.05) is 17.7 Å². The third kappa shape index (κ3) is 2.00. The minimum Gasteiger partial charge on any atom is -0.497 e. The molecule has 0 amide bonds. The van der Waals surface area contributed by atoms with Crippen LogP contribution in [0.5, 0.6) is 5.75 Å². The number of hydrogen-bond acceptors (Lipinski definition) is 1. The Morgan fingerprint density at radius 2 is 2.27 bits per heavy atom. The molecule has 0 saturated carbocycles. The minimum atomic E-state index is 0.791. The Hall–Kier alpha value is -1.41. The molecule has 2 nitrogen and oxygen atoms in total. The first-order valence-corrected chi connectivity index (χ1v) is 5.17. The summed E-state index contributed by atoms with van der Waals surface area (Å²) >= 11 is 5.50. The highest BCUT2D eigenvalue weighted by molar-refractivity contribution is 6.25. The summed E-state index contributed by atoms with van der Waals surface area (Å²) in [6.45, 7) is 0.791. The van der Waals surface area contributed by atoms with E-state index in [9.17, 15) is 0 Å². The Morgan fingerprint density at radius 3 is 3.00 bits per heavy atom. The molecule has 78 valence electrons. The predicted octanol–water partition coefficient (Wildman–Crippen LogP) is 3.40. The van der Waals surface area contributed by atoms with Crippen molar-refractivity contribution in [2.75, 3.05) is 7.11 Å². The van der Waals surface area contributed by atoms with Gasteiger partial charge in [-0.05, 0) is 24.3 Å². The second-order valence-corrected chi connectivity index (χ2v) is 3.51. The molecule has 1 aromatic carbocycles. The lowest BCUT2D eigenvalue weighted by molar-refractivity contribution is 0.415. The van der Waals surface area contributed by atoms with Gasteiger partial charge in [-0.15, -0.1) is 0 Å². The average Bonchev–Trinajstić information content (AvgIpc) is 2.68. The summed E-state index contributed by atoms with van der Waals surface area (Å²) in [5.41, 5.74) is 2.72. The SMILES string of the molecule is COc1ccc2c(ccn2C/C=C/Cl)c1. The summed E-state index contributed by atoms with van der Waals surface area (Å²) in [4.78, 5) is 0. The lowest BCUT2D eigenvalue weighted by Gasteiger charge is -2.02. The first-order chi connectivity index (χ1) is 7.35. The van der Waals surface area contributed by atoms with E-state index in [2.05, 4.69) is 16.7 Å². The molecule has 3 heteroatoms. The fourth-order valence-corrected chi connectivity index (χ4v) is 1.70. The van der Waals surface area contributed by atoms with Crippen molar-refractivity contribution in [3.63, 3.8) is 0 Å². The second-order valence-electron chi connectivity index (χ2n) is 3.25. The first-order valence-electron chi connectivity index (χ1n) is 4.73. The van der Waals surface area contributed by atoms with Crippen LogP contribution in [0, 0.1) is 0 Å². The number of allylic oxidation sites excluding steroid dienone is 1. The van der Waals surface area contributed by atoms with Gasteiger partial charge in [-0.25, -0.2) is 0 Å². The van der Waals surface area contributed by atoms with E-state index in [-0.39, 0.29) is 0 Å². The molecular weight excluding hydrogens is 210 g/mol. The number of ether oxygens (including phenoxy) is 1. The summed E-state index contributed by atoms with van der Waals surface area (Å²) < 4.78 is 7.30. The van der Waals surface area contributed by atoms with E-state index >= 15 is 0 Å². The van der Waals surface area contributed by atoms with Crippen LogP contribution in [0.1, 0.15) is 0 Å². The fraction of sp³-hybridized carbons (Fsp3) is 0.167. The van der Waals surface area contributed by atoms with Crippen LogP contribution < -0.4 is 4.74 Å². The molecule has 0 fully saturated rings. The third-order valence-electron chi connectivity index (χ3n) is 2.37. The molecule has 0 saturated heterocycles. The standard InChI is InChI=1S/C12H12ClNO/c1-15-11-3-4-12-10(9-11)5-8-14(12)7-2-6-13/h2-6,8-9H,7H2,1H3/b6-2+. The monoisotopic (exact) mass is 221 g/mol. The molecular formula is C12H12ClNO. The van der Waals surface area contributed by atoms with Crippen molar-refractivity contribution in [2.45, 2.75) is 6.54 Å². The van der Waals surface area contributed by atoms with Gasteiger partial charge in [-0.2, -0.15) is 0 Å². The van der Waals surface area contributed by atoms with Crippen LogP contribution in [0.15, 0.2) is 42.1 Å². The van der Waals surface area contributed by atoms with Crippen LogP contribution in [0.3, 0.4) is 0 Å². The van der Waals surface area contributed by atoms with Crippen LogP contribution in [0.2, 0.25) is 0 Å². The fourth-order valence-electron chi connectivity index (χ4n) is 1.62. The largest absolute Gasteiger partial charge is 0.497 e. The van der Waals surface area contributed by atoms with Gasteiger partial charge < -0.3 is 9.30 Å². The van der Waals surface area contributed by atoms with Crippen molar-refractivity contribution in [1.82, 2.24) is 4.57 Å². The Labute approximate surface area is 93.7 Å². The highest BCUT2D eigenvalue weighted by Crippen LogP contribution is 2.21. The van der Waals surface area contributed by atoms with Crippen molar-refractivity contribution in [1.29, 1.82) is 0 Å². The van der Waals surface area contributed by atoms with Crippen molar-refractivity contribution in [3.05, 3.63) is 42.1 Å². The normalized spacial score (nSPS) is 11.3. The van der Waals surface area contributed by atoms with E-state index in [0.717, 1.165) is 12.3 Å².